The number of carbonyl (C=O) groups excluding carboxylic acids is 1. The summed E-state index contributed by atoms with van der Waals surface area (Å²) < 4.78 is 1.82. The van der Waals surface area contributed by atoms with Crippen LogP contribution >= 0.6 is 0 Å². The first-order valence-corrected chi connectivity index (χ1v) is 12.6. The van der Waals surface area contributed by atoms with Gasteiger partial charge >= 0.3 is 0 Å². The highest BCUT2D eigenvalue weighted by atomic mass is 16.1. The van der Waals surface area contributed by atoms with Crippen molar-refractivity contribution < 1.29 is 4.79 Å². The lowest BCUT2D eigenvalue weighted by molar-refractivity contribution is 0.100. The minimum absolute atomic E-state index is 0.435. The molecule has 0 bridgehead atoms. The first-order valence-electron chi connectivity index (χ1n) is 12.6. The Morgan fingerprint density at radius 1 is 0.861 bits per heavy atom. The van der Waals surface area contributed by atoms with Gasteiger partial charge in [0.1, 0.15) is 0 Å². The van der Waals surface area contributed by atoms with Crippen molar-refractivity contribution in [1.29, 1.82) is 0 Å². The number of hydrogen-bond acceptors (Lipinski definition) is 4. The lowest BCUT2D eigenvalue weighted by Crippen LogP contribution is -2.43. The fourth-order valence-corrected chi connectivity index (χ4v) is 5.73. The van der Waals surface area contributed by atoms with Gasteiger partial charge in [-0.15, -0.1) is 0 Å². The number of amides is 1. The Morgan fingerprint density at radius 2 is 1.58 bits per heavy atom. The number of benzene rings is 3. The highest BCUT2D eigenvalue weighted by molar-refractivity contribution is 6.10. The number of primary amides is 1. The molecule has 3 heterocycles. The highest BCUT2D eigenvalue weighted by Crippen LogP contribution is 2.34. The molecule has 0 radical (unpaired) electrons. The number of anilines is 1. The zero-order valence-corrected chi connectivity index (χ0v) is 20.6. The van der Waals surface area contributed by atoms with Crippen molar-refractivity contribution in [1.82, 2.24) is 14.6 Å². The van der Waals surface area contributed by atoms with Crippen molar-refractivity contribution in [2.45, 2.75) is 45.2 Å². The largest absolute Gasteiger partial charge is 0.366 e. The molecule has 3 aromatic carbocycles. The molecule has 1 saturated heterocycles. The van der Waals surface area contributed by atoms with E-state index in [-0.39, 0.29) is 0 Å². The van der Waals surface area contributed by atoms with Gasteiger partial charge in [-0.25, -0.2) is 9.50 Å². The monoisotopic (exact) mass is 475 g/mol. The third-order valence-electron chi connectivity index (χ3n) is 7.53. The van der Waals surface area contributed by atoms with Gasteiger partial charge in [0.05, 0.1) is 6.20 Å². The molecular formula is C30H29N5O. The van der Waals surface area contributed by atoms with Crippen LogP contribution in [-0.4, -0.2) is 32.6 Å². The molecule has 0 saturated carbocycles. The molecule has 6 heteroatoms. The lowest BCUT2D eigenvalue weighted by Gasteiger charge is -2.41. The fraction of sp³-hybridized carbons (Fsp3) is 0.233. The van der Waals surface area contributed by atoms with Crippen molar-refractivity contribution in [3.05, 3.63) is 84.8 Å². The molecule has 0 unspecified atom stereocenters. The average molecular weight is 476 g/mol. The Labute approximate surface area is 210 Å². The molecule has 2 atom stereocenters. The van der Waals surface area contributed by atoms with E-state index in [9.17, 15) is 4.79 Å². The summed E-state index contributed by atoms with van der Waals surface area (Å²) in [5, 5.41) is 6.39. The van der Waals surface area contributed by atoms with Crippen LogP contribution in [0.1, 0.15) is 43.5 Å². The molecule has 6 nitrogen and oxygen atoms in total. The molecule has 2 aromatic heterocycles. The van der Waals surface area contributed by atoms with Gasteiger partial charge in [0.25, 0.3) is 0 Å². The zero-order chi connectivity index (χ0) is 24.8. The van der Waals surface area contributed by atoms with Gasteiger partial charge in [0.2, 0.25) is 5.91 Å². The third kappa shape index (κ3) is 3.70. The molecular weight excluding hydrogens is 446 g/mol. The summed E-state index contributed by atoms with van der Waals surface area (Å²) in [5.74, 6) is -0.435. The van der Waals surface area contributed by atoms with Crippen LogP contribution in [-0.2, 0) is 0 Å². The van der Waals surface area contributed by atoms with Crippen LogP contribution in [0.25, 0.3) is 38.7 Å². The van der Waals surface area contributed by atoms with Crippen LogP contribution in [0.3, 0.4) is 0 Å². The third-order valence-corrected chi connectivity index (χ3v) is 7.53. The molecule has 1 amide bonds. The van der Waals surface area contributed by atoms with E-state index in [1.54, 1.807) is 6.07 Å². The summed E-state index contributed by atoms with van der Waals surface area (Å²) in [5.41, 5.74) is 12.2. The Balaban J connectivity index is 1.36. The summed E-state index contributed by atoms with van der Waals surface area (Å²) in [4.78, 5) is 19.3. The van der Waals surface area contributed by atoms with Gasteiger partial charge in [-0.1, -0.05) is 42.5 Å². The molecule has 1 aliphatic heterocycles. The number of nitrogens with two attached hydrogens (primary N) is 1. The van der Waals surface area contributed by atoms with Crippen molar-refractivity contribution in [2.24, 2.45) is 5.73 Å². The van der Waals surface area contributed by atoms with E-state index in [0.29, 0.717) is 17.6 Å². The van der Waals surface area contributed by atoms with Gasteiger partial charge in [-0.2, -0.15) is 5.10 Å². The number of piperidine rings is 1. The van der Waals surface area contributed by atoms with Crippen LogP contribution in [0.2, 0.25) is 0 Å². The van der Waals surface area contributed by atoms with Crippen LogP contribution < -0.4 is 10.6 Å². The van der Waals surface area contributed by atoms with E-state index in [2.05, 4.69) is 48.1 Å². The van der Waals surface area contributed by atoms with Gasteiger partial charge < -0.3 is 10.6 Å². The maximum absolute atomic E-state index is 11.9. The Kier molecular flexibility index (Phi) is 5.44. The molecule has 2 N–H and O–H groups in total. The summed E-state index contributed by atoms with van der Waals surface area (Å²) in [6.45, 7) is 4.64. The maximum Gasteiger partial charge on any atom is 0.249 e. The van der Waals surface area contributed by atoms with Gasteiger partial charge in [-0.05, 0) is 73.2 Å². The number of rotatable bonds is 4. The maximum atomic E-state index is 11.9. The predicted octanol–water partition coefficient (Wildman–Crippen LogP) is 6.08. The van der Waals surface area contributed by atoms with Crippen LogP contribution in [0.15, 0.2) is 79.3 Å². The van der Waals surface area contributed by atoms with Crippen molar-refractivity contribution in [2.75, 3.05) is 4.90 Å². The molecule has 0 spiro atoms. The zero-order valence-electron chi connectivity index (χ0n) is 20.6. The van der Waals surface area contributed by atoms with E-state index in [1.165, 1.54) is 24.9 Å². The van der Waals surface area contributed by atoms with Crippen molar-refractivity contribution in [3.8, 4) is 22.3 Å². The second-order valence-corrected chi connectivity index (χ2v) is 9.82. The summed E-state index contributed by atoms with van der Waals surface area (Å²) >= 11 is 0. The van der Waals surface area contributed by atoms with Crippen molar-refractivity contribution >= 4 is 28.0 Å². The van der Waals surface area contributed by atoms with E-state index < -0.39 is 5.91 Å². The molecule has 180 valence electrons. The minimum atomic E-state index is -0.435. The average Bonchev–Trinajstić information content (AvgIpc) is 3.31. The van der Waals surface area contributed by atoms with Crippen LogP contribution in [0.5, 0.6) is 0 Å². The number of carbonyl (C=O) groups is 1. The van der Waals surface area contributed by atoms with E-state index in [0.717, 1.165) is 38.7 Å². The Hall–Kier alpha value is -4.19. The Morgan fingerprint density at radius 3 is 2.33 bits per heavy atom. The van der Waals surface area contributed by atoms with E-state index >= 15 is 0 Å². The molecule has 1 fully saturated rings. The number of aromatic nitrogens is 3. The SMILES string of the molecule is C[C@@H]1CCC[C@H](C)N1c1ccc(-c2cnc3c(-c4cccc5c(C(N)=O)cccc45)cnn3c2)cc1. The smallest absolute Gasteiger partial charge is 0.249 e. The molecule has 0 aliphatic carbocycles. The first kappa shape index (κ1) is 22.3. The predicted molar refractivity (Wildman–Crippen MR) is 145 cm³/mol. The van der Waals surface area contributed by atoms with Gasteiger partial charge in [0.15, 0.2) is 5.65 Å². The second kappa shape index (κ2) is 8.79. The normalized spacial score (nSPS) is 18.1. The molecule has 1 aliphatic rings. The molecule has 36 heavy (non-hydrogen) atoms. The van der Waals surface area contributed by atoms with E-state index in [1.807, 2.05) is 53.4 Å². The Bertz CT molecular complexity index is 1580. The quantitative estimate of drug-likeness (QED) is 0.342. The number of nitrogens with zero attached hydrogens (tertiary/aromatic N) is 4. The molecule has 6 rings (SSSR count). The minimum Gasteiger partial charge on any atom is -0.366 e. The van der Waals surface area contributed by atoms with Gasteiger partial charge in [0, 0.05) is 46.9 Å². The van der Waals surface area contributed by atoms with E-state index in [4.69, 9.17) is 10.7 Å². The second-order valence-electron chi connectivity index (χ2n) is 9.82. The lowest BCUT2D eigenvalue weighted by atomic mass is 9.96. The van der Waals surface area contributed by atoms with Crippen molar-refractivity contribution in [3.63, 3.8) is 0 Å². The van der Waals surface area contributed by atoms with Crippen LogP contribution in [0, 0.1) is 0 Å². The summed E-state index contributed by atoms with van der Waals surface area (Å²) in [6, 6.07) is 21.4. The topological polar surface area (TPSA) is 76.5 Å². The summed E-state index contributed by atoms with van der Waals surface area (Å²) in [6.07, 6.45) is 9.55. The fourth-order valence-electron chi connectivity index (χ4n) is 5.73. The number of hydrogen-bond donors (Lipinski definition) is 1. The van der Waals surface area contributed by atoms with Crippen LogP contribution in [0.4, 0.5) is 5.69 Å². The van der Waals surface area contributed by atoms with Gasteiger partial charge in [-0.3, -0.25) is 4.79 Å². The molecule has 5 aromatic rings. The number of fused-ring (bicyclic) bond motifs is 2. The summed E-state index contributed by atoms with van der Waals surface area (Å²) in [7, 11) is 0. The highest BCUT2D eigenvalue weighted by Gasteiger charge is 2.24. The standard InChI is InChI=1S/C30H29N5O/c1-19-6-3-7-20(2)35(19)23-14-12-21(13-15-23)22-16-32-30-28(17-33-34(30)18-22)26-10-4-9-25-24(26)8-5-11-27(25)29(31)36/h4-5,8-20H,3,6-7H2,1-2H3,(H2,31,36)/t19-,20+. The first-order chi connectivity index (χ1) is 17.5.